The predicted octanol–water partition coefficient (Wildman–Crippen LogP) is 0.291. The summed E-state index contributed by atoms with van der Waals surface area (Å²) in [7, 11) is 1.29. The zero-order chi connectivity index (χ0) is 24.7. The fourth-order valence-corrected chi connectivity index (χ4v) is 6.56. The van der Waals surface area contributed by atoms with Crippen LogP contribution in [-0.4, -0.2) is 62.8 Å². The van der Waals surface area contributed by atoms with Crippen molar-refractivity contribution in [3.05, 3.63) is 51.9 Å². The van der Waals surface area contributed by atoms with Gasteiger partial charge in [0.1, 0.15) is 29.9 Å². The molecule has 5 rings (SSSR count). The Morgan fingerprint density at radius 2 is 2.26 bits per heavy atom. The molecule has 3 aliphatic rings. The van der Waals surface area contributed by atoms with Gasteiger partial charge in [0.05, 0.1) is 0 Å². The summed E-state index contributed by atoms with van der Waals surface area (Å²) in [5.74, 6) is -1.86. The SMILES string of the molecule is CON=C(C(=O)N[C@@H]1C(=O)N2C(C(=O)O)=C(C[n+]3cccc4c3CCC4)CSC12)c1csc(N)n1. The number of pyridine rings is 1. The maximum Gasteiger partial charge on any atom is 0.352 e. The summed E-state index contributed by atoms with van der Waals surface area (Å²) in [4.78, 5) is 48.2. The third kappa shape index (κ3) is 4.14. The Balaban J connectivity index is 1.36. The Morgan fingerprint density at radius 3 is 2.97 bits per heavy atom. The van der Waals surface area contributed by atoms with Crippen LogP contribution in [0.4, 0.5) is 5.13 Å². The first kappa shape index (κ1) is 23.3. The first-order valence-corrected chi connectivity index (χ1v) is 12.9. The molecule has 35 heavy (non-hydrogen) atoms. The molecule has 182 valence electrons. The van der Waals surface area contributed by atoms with Crippen LogP contribution in [0.3, 0.4) is 0 Å². The molecule has 2 amide bonds. The number of aryl methyl sites for hydroxylation is 1. The number of nitrogens with two attached hydrogens (primary N) is 1. The lowest BCUT2D eigenvalue weighted by atomic mass is 10.0. The van der Waals surface area contributed by atoms with E-state index in [1.165, 1.54) is 35.0 Å². The summed E-state index contributed by atoms with van der Waals surface area (Å²) in [6.45, 7) is 0.404. The monoisotopic (exact) mass is 515 g/mol. The number of carboxylic acids is 1. The Labute approximate surface area is 208 Å². The number of oxime groups is 1. The number of hydrogen-bond acceptors (Lipinski definition) is 9. The standard InChI is InChI=1S/C22H22N6O5S2/c1-33-26-15(13-10-35-22(23)24-13)18(29)25-16-19(30)28-17(21(31)32)12(9-34-20(16)28)8-27-7-3-5-11-4-2-6-14(11)27/h3,5,7,10,16,20H,2,4,6,8-9H2,1H3,(H3-,23,24,25,29,31,32)/p+1/t16-,20?/m1/s1. The molecule has 0 saturated carbocycles. The molecule has 11 nitrogen and oxygen atoms in total. The minimum atomic E-state index is -1.16. The van der Waals surface area contributed by atoms with Gasteiger partial charge in [0, 0.05) is 34.8 Å². The number of nitrogen functional groups attached to an aromatic ring is 1. The third-order valence-corrected chi connectivity index (χ3v) is 8.21. The van der Waals surface area contributed by atoms with Gasteiger partial charge >= 0.3 is 5.97 Å². The lowest BCUT2D eigenvalue weighted by Gasteiger charge is -2.49. The van der Waals surface area contributed by atoms with E-state index in [-0.39, 0.29) is 22.2 Å². The lowest BCUT2D eigenvalue weighted by Crippen LogP contribution is -2.71. The van der Waals surface area contributed by atoms with Gasteiger partial charge in [-0.3, -0.25) is 14.5 Å². The first-order chi connectivity index (χ1) is 16.9. The van der Waals surface area contributed by atoms with E-state index in [2.05, 4.69) is 26.1 Å². The van der Waals surface area contributed by atoms with Gasteiger partial charge < -0.3 is 21.0 Å². The van der Waals surface area contributed by atoms with Crippen LogP contribution >= 0.6 is 23.1 Å². The zero-order valence-electron chi connectivity index (χ0n) is 18.8. The van der Waals surface area contributed by atoms with E-state index in [9.17, 15) is 19.5 Å². The van der Waals surface area contributed by atoms with E-state index in [0.717, 1.165) is 30.6 Å². The Bertz CT molecular complexity index is 1290. The van der Waals surface area contributed by atoms with E-state index in [0.29, 0.717) is 17.9 Å². The van der Waals surface area contributed by atoms with Crippen molar-refractivity contribution in [2.24, 2.45) is 5.16 Å². The van der Waals surface area contributed by atoms with Crippen molar-refractivity contribution < 1.29 is 28.9 Å². The summed E-state index contributed by atoms with van der Waals surface area (Å²) < 4.78 is 2.08. The summed E-state index contributed by atoms with van der Waals surface area (Å²) in [5, 5.41) is 17.7. The maximum atomic E-state index is 13.0. The first-order valence-electron chi connectivity index (χ1n) is 10.9. The molecular weight excluding hydrogens is 492 g/mol. The number of carbonyl (C=O) groups excluding carboxylic acids is 2. The molecule has 0 radical (unpaired) electrons. The van der Waals surface area contributed by atoms with E-state index in [1.54, 1.807) is 5.38 Å². The number of fused-ring (bicyclic) bond motifs is 2. The molecule has 2 aromatic heterocycles. The second kappa shape index (κ2) is 9.30. The van der Waals surface area contributed by atoms with Crippen LogP contribution in [0.25, 0.3) is 0 Å². The second-order valence-corrected chi connectivity index (χ2v) is 10.3. The minimum absolute atomic E-state index is 0.00888. The van der Waals surface area contributed by atoms with Crippen LogP contribution in [0.2, 0.25) is 0 Å². The number of rotatable bonds is 7. The smallest absolute Gasteiger partial charge is 0.352 e. The van der Waals surface area contributed by atoms with Gasteiger partial charge in [-0.1, -0.05) is 5.16 Å². The molecule has 1 fully saturated rings. The highest BCUT2D eigenvalue weighted by Crippen LogP contribution is 2.40. The highest BCUT2D eigenvalue weighted by Gasteiger charge is 2.55. The quantitative estimate of drug-likeness (QED) is 0.206. The number of thiazole rings is 1. The van der Waals surface area contributed by atoms with Crippen molar-refractivity contribution in [2.75, 3.05) is 18.6 Å². The molecule has 2 atom stereocenters. The fourth-order valence-electron chi connectivity index (χ4n) is 4.67. The molecular formula is C22H23N6O5S2+. The number of anilines is 1. The fraction of sp³-hybridized carbons (Fsp3) is 0.364. The van der Waals surface area contributed by atoms with Gasteiger partial charge in [0.15, 0.2) is 29.3 Å². The van der Waals surface area contributed by atoms with Gasteiger partial charge in [-0.15, -0.1) is 23.1 Å². The Hall–Kier alpha value is -3.45. The number of thioether (sulfide) groups is 1. The van der Waals surface area contributed by atoms with Crippen LogP contribution in [0.5, 0.6) is 0 Å². The number of carboxylic acid groups (broad SMARTS) is 1. The molecule has 1 unspecified atom stereocenters. The summed E-state index contributed by atoms with van der Waals surface area (Å²) >= 11 is 2.57. The lowest BCUT2D eigenvalue weighted by molar-refractivity contribution is -0.696. The number of amides is 2. The Morgan fingerprint density at radius 1 is 1.43 bits per heavy atom. The molecule has 2 aromatic rings. The van der Waals surface area contributed by atoms with Gasteiger partial charge in [0.25, 0.3) is 11.8 Å². The predicted molar refractivity (Wildman–Crippen MR) is 128 cm³/mol. The molecule has 4 heterocycles. The number of nitrogens with zero attached hydrogens (tertiary/aromatic N) is 4. The largest absolute Gasteiger partial charge is 0.477 e. The number of aromatic nitrogens is 2. The van der Waals surface area contributed by atoms with Crippen molar-refractivity contribution >= 4 is 51.7 Å². The van der Waals surface area contributed by atoms with Gasteiger partial charge in [-0.25, -0.2) is 9.78 Å². The number of hydrogen-bond donors (Lipinski definition) is 3. The average molecular weight is 516 g/mol. The van der Waals surface area contributed by atoms with Crippen molar-refractivity contribution in [3.63, 3.8) is 0 Å². The molecule has 4 N–H and O–H groups in total. The number of aliphatic carboxylic acids is 1. The molecule has 0 aromatic carbocycles. The highest BCUT2D eigenvalue weighted by atomic mass is 32.2. The van der Waals surface area contributed by atoms with Gasteiger partial charge in [0.2, 0.25) is 0 Å². The van der Waals surface area contributed by atoms with Crippen LogP contribution in [0.1, 0.15) is 23.4 Å². The Kier molecular flexibility index (Phi) is 6.19. The highest BCUT2D eigenvalue weighted by molar-refractivity contribution is 8.00. The van der Waals surface area contributed by atoms with Crippen LogP contribution in [-0.2, 0) is 38.6 Å². The summed E-state index contributed by atoms with van der Waals surface area (Å²) in [6, 6.07) is 3.18. The second-order valence-electron chi connectivity index (χ2n) is 8.27. The van der Waals surface area contributed by atoms with Crippen LogP contribution in [0, 0.1) is 0 Å². The number of nitrogens with one attached hydrogen (secondary N) is 1. The van der Waals surface area contributed by atoms with Crippen molar-refractivity contribution in [2.45, 2.75) is 37.2 Å². The van der Waals surface area contributed by atoms with E-state index < -0.39 is 29.2 Å². The zero-order valence-corrected chi connectivity index (χ0v) is 20.4. The molecule has 1 saturated heterocycles. The van der Waals surface area contributed by atoms with E-state index >= 15 is 0 Å². The molecule has 0 spiro atoms. The normalized spacial score (nSPS) is 21.3. The topological polar surface area (TPSA) is 151 Å². The minimum Gasteiger partial charge on any atom is -0.477 e. The summed E-state index contributed by atoms with van der Waals surface area (Å²) in [6.07, 6.45) is 5.01. The summed E-state index contributed by atoms with van der Waals surface area (Å²) in [5.41, 5.74) is 8.92. The van der Waals surface area contributed by atoms with Crippen molar-refractivity contribution in [1.82, 2.24) is 15.2 Å². The maximum absolute atomic E-state index is 13.0. The van der Waals surface area contributed by atoms with Gasteiger partial charge in [-0.2, -0.15) is 4.57 Å². The van der Waals surface area contributed by atoms with Crippen molar-refractivity contribution in [1.29, 1.82) is 0 Å². The number of carbonyl (C=O) groups is 3. The van der Waals surface area contributed by atoms with E-state index in [1.807, 2.05) is 12.3 Å². The van der Waals surface area contributed by atoms with Crippen molar-refractivity contribution in [3.8, 4) is 0 Å². The molecule has 0 bridgehead atoms. The number of β-lactam (4-membered cyclic amide) rings is 1. The van der Waals surface area contributed by atoms with E-state index in [4.69, 9.17) is 10.6 Å². The average Bonchev–Trinajstić information content (AvgIpc) is 3.49. The van der Waals surface area contributed by atoms with Gasteiger partial charge in [-0.05, 0) is 18.9 Å². The third-order valence-electron chi connectivity index (χ3n) is 6.20. The van der Waals surface area contributed by atoms with Crippen LogP contribution < -0.4 is 15.6 Å². The molecule has 1 aliphatic carbocycles. The van der Waals surface area contributed by atoms with Crippen LogP contribution in [0.15, 0.2) is 40.1 Å². The molecule has 2 aliphatic heterocycles. The molecule has 13 heteroatoms.